The first-order valence-electron chi connectivity index (χ1n) is 8.79. The van der Waals surface area contributed by atoms with Gasteiger partial charge >= 0.3 is 5.97 Å². The van der Waals surface area contributed by atoms with E-state index in [2.05, 4.69) is 0 Å². The number of esters is 1. The molecular formula is C22H20N2O3. The van der Waals surface area contributed by atoms with Gasteiger partial charge in [-0.05, 0) is 55.7 Å². The molecule has 0 N–H and O–H groups in total. The Labute approximate surface area is 158 Å². The fourth-order valence-corrected chi connectivity index (χ4v) is 3.19. The second-order valence-corrected chi connectivity index (χ2v) is 6.54. The standard InChI is InChI=1S/C22H20N2O3/c1-15-13-19-5-3-4-6-20(19)24(15)22(26)16(2)27-21(25)12-11-17-7-9-18(14-23)10-8-17/h3-12,15-16H,13H2,1-2H3/b12-11+/t15-,16-/m0/s1. The second-order valence-electron chi connectivity index (χ2n) is 6.54. The van der Waals surface area contributed by atoms with Crippen LogP contribution in [0.3, 0.4) is 0 Å². The van der Waals surface area contributed by atoms with E-state index < -0.39 is 12.1 Å². The van der Waals surface area contributed by atoms with Gasteiger partial charge in [-0.15, -0.1) is 0 Å². The normalized spacial score (nSPS) is 16.6. The molecule has 0 aliphatic carbocycles. The lowest BCUT2D eigenvalue weighted by Crippen LogP contribution is -2.43. The zero-order valence-electron chi connectivity index (χ0n) is 15.3. The molecule has 2 aromatic rings. The average Bonchev–Trinajstić information content (AvgIpc) is 3.01. The zero-order chi connectivity index (χ0) is 19.4. The summed E-state index contributed by atoms with van der Waals surface area (Å²) in [5.41, 5.74) is 3.32. The van der Waals surface area contributed by atoms with Gasteiger partial charge in [-0.2, -0.15) is 5.26 Å². The minimum atomic E-state index is -0.878. The van der Waals surface area contributed by atoms with E-state index in [0.717, 1.165) is 23.2 Å². The number of nitriles is 1. The highest BCUT2D eigenvalue weighted by Gasteiger charge is 2.34. The zero-order valence-corrected chi connectivity index (χ0v) is 15.3. The molecule has 5 nitrogen and oxygen atoms in total. The number of para-hydroxylation sites is 1. The van der Waals surface area contributed by atoms with Gasteiger partial charge in [0.1, 0.15) is 0 Å². The smallest absolute Gasteiger partial charge is 0.331 e. The molecule has 136 valence electrons. The first kappa shape index (κ1) is 18.4. The predicted molar refractivity (Wildman–Crippen MR) is 103 cm³/mol. The lowest BCUT2D eigenvalue weighted by molar-refractivity contribution is -0.149. The van der Waals surface area contributed by atoms with Crippen LogP contribution >= 0.6 is 0 Å². The summed E-state index contributed by atoms with van der Waals surface area (Å²) in [5.74, 6) is -0.812. The molecule has 1 heterocycles. The summed E-state index contributed by atoms with van der Waals surface area (Å²) >= 11 is 0. The Balaban J connectivity index is 1.63. The molecule has 0 bridgehead atoms. The summed E-state index contributed by atoms with van der Waals surface area (Å²) in [4.78, 5) is 26.6. The van der Waals surface area contributed by atoms with Crippen LogP contribution in [0.5, 0.6) is 0 Å². The molecule has 0 radical (unpaired) electrons. The van der Waals surface area contributed by atoms with Gasteiger partial charge in [0.05, 0.1) is 11.6 Å². The Kier molecular flexibility index (Phi) is 5.37. The SMILES string of the molecule is C[C@H](OC(=O)/C=C/c1ccc(C#N)cc1)C(=O)N1c2ccccc2C[C@@H]1C. The van der Waals surface area contributed by atoms with Gasteiger partial charge in [0.15, 0.2) is 6.10 Å². The number of carbonyl (C=O) groups excluding carboxylic acids is 2. The number of carbonyl (C=O) groups is 2. The maximum absolute atomic E-state index is 12.8. The number of hydrogen-bond acceptors (Lipinski definition) is 4. The molecule has 0 spiro atoms. The van der Waals surface area contributed by atoms with Crippen LogP contribution in [-0.2, 0) is 20.7 Å². The van der Waals surface area contributed by atoms with Crippen molar-refractivity contribution in [3.8, 4) is 6.07 Å². The largest absolute Gasteiger partial charge is 0.449 e. The Morgan fingerprint density at radius 3 is 2.63 bits per heavy atom. The van der Waals surface area contributed by atoms with E-state index in [1.807, 2.05) is 37.3 Å². The number of rotatable bonds is 4. The molecule has 2 aromatic carbocycles. The molecule has 1 amide bonds. The van der Waals surface area contributed by atoms with E-state index in [-0.39, 0.29) is 11.9 Å². The first-order chi connectivity index (χ1) is 13.0. The molecule has 1 aliphatic rings. The van der Waals surface area contributed by atoms with Gasteiger partial charge in [-0.1, -0.05) is 30.3 Å². The minimum absolute atomic E-state index is 0.0326. The van der Waals surface area contributed by atoms with Crippen molar-refractivity contribution >= 4 is 23.6 Å². The number of amides is 1. The average molecular weight is 360 g/mol. The number of nitrogens with zero attached hydrogens (tertiary/aromatic N) is 2. The van der Waals surface area contributed by atoms with Gasteiger partial charge in [0.25, 0.3) is 5.91 Å². The molecule has 5 heteroatoms. The predicted octanol–water partition coefficient (Wildman–Crippen LogP) is 3.48. The van der Waals surface area contributed by atoms with Crippen LogP contribution in [0, 0.1) is 11.3 Å². The number of ether oxygens (including phenoxy) is 1. The van der Waals surface area contributed by atoms with E-state index in [9.17, 15) is 9.59 Å². The number of anilines is 1. The molecule has 0 saturated heterocycles. The lowest BCUT2D eigenvalue weighted by atomic mass is 10.1. The fourth-order valence-electron chi connectivity index (χ4n) is 3.19. The molecule has 1 aliphatic heterocycles. The van der Waals surface area contributed by atoms with Crippen LogP contribution < -0.4 is 4.90 Å². The quantitative estimate of drug-likeness (QED) is 0.618. The Bertz CT molecular complexity index is 925. The topological polar surface area (TPSA) is 70.4 Å². The highest BCUT2D eigenvalue weighted by molar-refractivity contribution is 6.00. The maximum atomic E-state index is 12.8. The Hall–Kier alpha value is -3.39. The van der Waals surface area contributed by atoms with Crippen LogP contribution in [0.4, 0.5) is 5.69 Å². The summed E-state index contributed by atoms with van der Waals surface area (Å²) in [6.07, 6.45) is 2.79. The van der Waals surface area contributed by atoms with Gasteiger partial charge in [-0.25, -0.2) is 4.79 Å². The summed E-state index contributed by atoms with van der Waals surface area (Å²) in [5, 5.41) is 8.79. The summed E-state index contributed by atoms with van der Waals surface area (Å²) in [7, 11) is 0. The van der Waals surface area contributed by atoms with E-state index in [0.29, 0.717) is 5.56 Å². The highest BCUT2D eigenvalue weighted by Crippen LogP contribution is 2.32. The van der Waals surface area contributed by atoms with Gasteiger partial charge in [0.2, 0.25) is 0 Å². The van der Waals surface area contributed by atoms with Gasteiger partial charge in [-0.3, -0.25) is 4.79 Å². The van der Waals surface area contributed by atoms with Crippen LogP contribution in [-0.4, -0.2) is 24.0 Å². The summed E-state index contributed by atoms with van der Waals surface area (Å²) < 4.78 is 5.29. The first-order valence-corrected chi connectivity index (χ1v) is 8.79. The van der Waals surface area contributed by atoms with Crippen LogP contribution in [0.1, 0.15) is 30.5 Å². The van der Waals surface area contributed by atoms with Gasteiger partial charge in [0, 0.05) is 17.8 Å². The van der Waals surface area contributed by atoms with Crippen molar-refractivity contribution in [2.24, 2.45) is 0 Å². The van der Waals surface area contributed by atoms with Crippen LogP contribution in [0.2, 0.25) is 0 Å². The van der Waals surface area contributed by atoms with Crippen molar-refractivity contribution in [2.75, 3.05) is 4.90 Å². The number of hydrogen-bond donors (Lipinski definition) is 0. The van der Waals surface area contributed by atoms with Crippen molar-refractivity contribution in [3.05, 3.63) is 71.3 Å². The Morgan fingerprint density at radius 1 is 1.22 bits per heavy atom. The maximum Gasteiger partial charge on any atom is 0.331 e. The highest BCUT2D eigenvalue weighted by atomic mass is 16.5. The van der Waals surface area contributed by atoms with Gasteiger partial charge < -0.3 is 9.64 Å². The van der Waals surface area contributed by atoms with E-state index in [1.165, 1.54) is 6.08 Å². The molecule has 0 saturated carbocycles. The van der Waals surface area contributed by atoms with Crippen LogP contribution in [0.15, 0.2) is 54.6 Å². The molecule has 0 unspecified atom stereocenters. The minimum Gasteiger partial charge on any atom is -0.449 e. The fraction of sp³-hybridized carbons (Fsp3) is 0.227. The second kappa shape index (κ2) is 7.88. The van der Waals surface area contributed by atoms with Crippen molar-refractivity contribution < 1.29 is 14.3 Å². The third-order valence-electron chi connectivity index (χ3n) is 4.54. The van der Waals surface area contributed by atoms with Crippen LogP contribution in [0.25, 0.3) is 6.08 Å². The molecule has 27 heavy (non-hydrogen) atoms. The number of fused-ring (bicyclic) bond motifs is 1. The van der Waals surface area contributed by atoms with Crippen molar-refractivity contribution in [1.82, 2.24) is 0 Å². The molecule has 3 rings (SSSR count). The molecule has 0 fully saturated rings. The summed E-state index contributed by atoms with van der Waals surface area (Å²) in [6, 6.07) is 16.7. The van der Waals surface area contributed by atoms with Crippen molar-refractivity contribution in [1.29, 1.82) is 5.26 Å². The van der Waals surface area contributed by atoms with E-state index in [4.69, 9.17) is 10.00 Å². The van der Waals surface area contributed by atoms with E-state index in [1.54, 1.807) is 42.2 Å². The van der Waals surface area contributed by atoms with Crippen molar-refractivity contribution in [2.45, 2.75) is 32.4 Å². The van der Waals surface area contributed by atoms with Crippen molar-refractivity contribution in [3.63, 3.8) is 0 Å². The Morgan fingerprint density at radius 2 is 1.93 bits per heavy atom. The lowest BCUT2D eigenvalue weighted by Gasteiger charge is -2.25. The molecule has 0 aromatic heterocycles. The summed E-state index contributed by atoms with van der Waals surface area (Å²) in [6.45, 7) is 3.57. The van der Waals surface area contributed by atoms with E-state index >= 15 is 0 Å². The molecule has 2 atom stereocenters. The number of benzene rings is 2. The monoisotopic (exact) mass is 360 g/mol. The molecular weight excluding hydrogens is 340 g/mol. The third-order valence-corrected chi connectivity index (χ3v) is 4.54. The third kappa shape index (κ3) is 4.06.